The fourth-order valence-corrected chi connectivity index (χ4v) is 1.82. The SMILES string of the molecule is CC(N)Cc1cnc(-c2cccc(C(F)(F)F)c2)nc1. The standard InChI is InChI=1S/C14H14F3N3/c1-9(18)5-10-7-19-13(20-8-10)11-3-2-4-12(6-11)14(15,16)17/h2-4,6-9H,5,18H2,1H3. The van der Waals surface area contributed by atoms with Gasteiger partial charge in [-0.1, -0.05) is 12.1 Å². The van der Waals surface area contributed by atoms with Crippen LogP contribution in [0.25, 0.3) is 11.4 Å². The van der Waals surface area contributed by atoms with Gasteiger partial charge in [0.2, 0.25) is 0 Å². The maximum Gasteiger partial charge on any atom is 0.416 e. The third-order valence-electron chi connectivity index (χ3n) is 2.71. The second-order valence-electron chi connectivity index (χ2n) is 4.67. The maximum atomic E-state index is 12.6. The minimum Gasteiger partial charge on any atom is -0.328 e. The van der Waals surface area contributed by atoms with Gasteiger partial charge < -0.3 is 5.73 Å². The van der Waals surface area contributed by atoms with Crippen molar-refractivity contribution in [3.8, 4) is 11.4 Å². The number of hydrogen-bond acceptors (Lipinski definition) is 3. The van der Waals surface area contributed by atoms with Gasteiger partial charge in [0.1, 0.15) is 0 Å². The van der Waals surface area contributed by atoms with E-state index in [4.69, 9.17) is 5.73 Å². The van der Waals surface area contributed by atoms with Crippen molar-refractivity contribution in [1.82, 2.24) is 9.97 Å². The Labute approximate surface area is 114 Å². The third-order valence-corrected chi connectivity index (χ3v) is 2.71. The second-order valence-corrected chi connectivity index (χ2v) is 4.67. The Morgan fingerprint density at radius 3 is 2.40 bits per heavy atom. The fourth-order valence-electron chi connectivity index (χ4n) is 1.82. The Morgan fingerprint density at radius 2 is 1.85 bits per heavy atom. The topological polar surface area (TPSA) is 51.8 Å². The molecule has 106 valence electrons. The van der Waals surface area contributed by atoms with E-state index >= 15 is 0 Å². The molecule has 1 aromatic carbocycles. The van der Waals surface area contributed by atoms with E-state index in [1.807, 2.05) is 6.92 Å². The minimum absolute atomic E-state index is 0.0157. The minimum atomic E-state index is -4.37. The lowest BCUT2D eigenvalue weighted by molar-refractivity contribution is -0.137. The smallest absolute Gasteiger partial charge is 0.328 e. The molecule has 0 saturated carbocycles. The molecule has 1 aromatic heterocycles. The Hall–Kier alpha value is -1.95. The first-order valence-electron chi connectivity index (χ1n) is 6.10. The van der Waals surface area contributed by atoms with E-state index in [1.165, 1.54) is 6.07 Å². The number of hydrogen-bond donors (Lipinski definition) is 1. The lowest BCUT2D eigenvalue weighted by atomic mass is 10.1. The Balaban J connectivity index is 2.28. The van der Waals surface area contributed by atoms with Crippen LogP contribution in [0.1, 0.15) is 18.1 Å². The zero-order valence-corrected chi connectivity index (χ0v) is 10.9. The van der Waals surface area contributed by atoms with E-state index in [9.17, 15) is 13.2 Å². The van der Waals surface area contributed by atoms with Crippen molar-refractivity contribution < 1.29 is 13.2 Å². The molecule has 0 saturated heterocycles. The second kappa shape index (κ2) is 5.58. The highest BCUT2D eigenvalue weighted by Gasteiger charge is 2.30. The summed E-state index contributed by atoms with van der Waals surface area (Å²) in [6.45, 7) is 1.86. The molecule has 0 aliphatic heterocycles. The highest BCUT2D eigenvalue weighted by atomic mass is 19.4. The Bertz CT molecular complexity index is 577. The number of nitrogens with zero attached hydrogens (tertiary/aromatic N) is 2. The molecule has 0 fully saturated rings. The lowest BCUT2D eigenvalue weighted by Gasteiger charge is -2.08. The molecule has 0 spiro atoms. The van der Waals surface area contributed by atoms with Gasteiger partial charge in [0.25, 0.3) is 0 Å². The zero-order chi connectivity index (χ0) is 14.8. The van der Waals surface area contributed by atoms with Crippen molar-refractivity contribution >= 4 is 0 Å². The van der Waals surface area contributed by atoms with Crippen LogP contribution < -0.4 is 5.73 Å². The predicted octanol–water partition coefficient (Wildman–Crippen LogP) is 3.05. The largest absolute Gasteiger partial charge is 0.416 e. The molecule has 1 unspecified atom stereocenters. The quantitative estimate of drug-likeness (QED) is 0.940. The fraction of sp³-hybridized carbons (Fsp3) is 0.286. The number of nitrogens with two attached hydrogens (primary N) is 1. The molecular formula is C14H14F3N3. The number of rotatable bonds is 3. The number of alkyl halides is 3. The molecule has 3 nitrogen and oxygen atoms in total. The van der Waals surface area contributed by atoms with Gasteiger partial charge in [0, 0.05) is 24.0 Å². The van der Waals surface area contributed by atoms with Crippen LogP contribution in [0.5, 0.6) is 0 Å². The first-order chi connectivity index (χ1) is 9.36. The summed E-state index contributed by atoms with van der Waals surface area (Å²) in [4.78, 5) is 8.18. The normalized spacial score (nSPS) is 13.2. The average molecular weight is 281 g/mol. The summed E-state index contributed by atoms with van der Waals surface area (Å²) in [6.07, 6.45) is -0.564. The van der Waals surface area contributed by atoms with Crippen molar-refractivity contribution in [2.75, 3.05) is 0 Å². The van der Waals surface area contributed by atoms with E-state index < -0.39 is 11.7 Å². The van der Waals surface area contributed by atoms with Crippen LogP contribution in [-0.2, 0) is 12.6 Å². The van der Waals surface area contributed by atoms with E-state index in [1.54, 1.807) is 18.5 Å². The number of halogens is 3. The average Bonchev–Trinajstić information content (AvgIpc) is 2.38. The van der Waals surface area contributed by atoms with E-state index in [0.29, 0.717) is 12.0 Å². The van der Waals surface area contributed by atoms with Crippen molar-refractivity contribution in [3.05, 3.63) is 47.8 Å². The summed E-state index contributed by atoms with van der Waals surface area (Å²) in [7, 11) is 0. The first kappa shape index (κ1) is 14.5. The molecule has 1 heterocycles. The van der Waals surface area contributed by atoms with Gasteiger partial charge in [-0.05, 0) is 31.0 Å². The van der Waals surface area contributed by atoms with Crippen molar-refractivity contribution in [2.45, 2.75) is 25.6 Å². The van der Waals surface area contributed by atoms with Gasteiger partial charge in [-0.2, -0.15) is 13.2 Å². The van der Waals surface area contributed by atoms with E-state index in [-0.39, 0.29) is 11.9 Å². The summed E-state index contributed by atoms with van der Waals surface area (Å²) in [6, 6.07) is 4.94. The zero-order valence-electron chi connectivity index (χ0n) is 10.9. The molecule has 2 N–H and O–H groups in total. The van der Waals surface area contributed by atoms with Crippen LogP contribution >= 0.6 is 0 Å². The van der Waals surface area contributed by atoms with Gasteiger partial charge in [0.05, 0.1) is 5.56 Å². The molecule has 0 bridgehead atoms. The number of benzene rings is 1. The lowest BCUT2D eigenvalue weighted by Crippen LogP contribution is -2.18. The molecule has 20 heavy (non-hydrogen) atoms. The summed E-state index contributed by atoms with van der Waals surface area (Å²) in [5, 5.41) is 0. The van der Waals surface area contributed by atoms with Crippen molar-refractivity contribution in [1.29, 1.82) is 0 Å². The predicted molar refractivity (Wildman–Crippen MR) is 69.8 cm³/mol. The Kier molecular flexibility index (Phi) is 4.04. The summed E-state index contributed by atoms with van der Waals surface area (Å²) >= 11 is 0. The molecule has 0 radical (unpaired) electrons. The Morgan fingerprint density at radius 1 is 1.20 bits per heavy atom. The van der Waals surface area contributed by atoms with Crippen LogP contribution in [-0.4, -0.2) is 16.0 Å². The van der Waals surface area contributed by atoms with E-state index in [2.05, 4.69) is 9.97 Å². The molecule has 0 amide bonds. The van der Waals surface area contributed by atoms with Crippen LogP contribution in [0.3, 0.4) is 0 Å². The molecule has 1 atom stereocenters. The highest BCUT2D eigenvalue weighted by Crippen LogP contribution is 2.31. The maximum absolute atomic E-state index is 12.6. The molecule has 0 aliphatic carbocycles. The van der Waals surface area contributed by atoms with E-state index in [0.717, 1.165) is 17.7 Å². The van der Waals surface area contributed by atoms with Gasteiger partial charge in [-0.25, -0.2) is 9.97 Å². The summed E-state index contributed by atoms with van der Waals surface area (Å²) < 4.78 is 37.9. The molecule has 6 heteroatoms. The van der Waals surface area contributed by atoms with Gasteiger partial charge in [0.15, 0.2) is 5.82 Å². The van der Waals surface area contributed by atoms with Crippen LogP contribution in [0.15, 0.2) is 36.7 Å². The summed E-state index contributed by atoms with van der Waals surface area (Å²) in [5.41, 5.74) is 6.15. The van der Waals surface area contributed by atoms with Crippen LogP contribution in [0.4, 0.5) is 13.2 Å². The molecule has 2 rings (SSSR count). The van der Waals surface area contributed by atoms with Crippen molar-refractivity contribution in [3.63, 3.8) is 0 Å². The van der Waals surface area contributed by atoms with Crippen molar-refractivity contribution in [2.24, 2.45) is 5.73 Å². The van der Waals surface area contributed by atoms with Gasteiger partial charge in [-0.3, -0.25) is 0 Å². The highest BCUT2D eigenvalue weighted by molar-refractivity contribution is 5.56. The van der Waals surface area contributed by atoms with Gasteiger partial charge >= 0.3 is 6.18 Å². The molecule has 0 aliphatic rings. The van der Waals surface area contributed by atoms with Gasteiger partial charge in [-0.15, -0.1) is 0 Å². The molecule has 2 aromatic rings. The van der Waals surface area contributed by atoms with Crippen LogP contribution in [0.2, 0.25) is 0 Å². The third kappa shape index (κ3) is 3.54. The van der Waals surface area contributed by atoms with Crippen LogP contribution in [0, 0.1) is 0 Å². The monoisotopic (exact) mass is 281 g/mol. The number of aromatic nitrogens is 2. The summed E-state index contributed by atoms with van der Waals surface area (Å²) in [5.74, 6) is 0.268. The first-order valence-corrected chi connectivity index (χ1v) is 6.10. The molecular weight excluding hydrogens is 267 g/mol.